The third-order valence-electron chi connectivity index (χ3n) is 3.03. The van der Waals surface area contributed by atoms with E-state index in [1.54, 1.807) is 20.3 Å². The third-order valence-corrected chi connectivity index (χ3v) is 4.70. The van der Waals surface area contributed by atoms with Crippen molar-refractivity contribution in [1.29, 1.82) is 0 Å². The van der Waals surface area contributed by atoms with Crippen LogP contribution in [-0.2, 0) is 9.84 Å². The first-order valence-electron chi connectivity index (χ1n) is 5.71. The molecular weight excluding hydrogens is 254 g/mol. The molecule has 0 saturated carbocycles. The summed E-state index contributed by atoms with van der Waals surface area (Å²) in [5, 5.41) is 3.20. The summed E-state index contributed by atoms with van der Waals surface area (Å²) in [6, 6.07) is 5.29. The Balaban J connectivity index is 2.28. The van der Waals surface area contributed by atoms with Crippen LogP contribution in [0.15, 0.2) is 18.2 Å². The Morgan fingerprint density at radius 3 is 2.56 bits per heavy atom. The van der Waals surface area contributed by atoms with E-state index < -0.39 is 9.84 Å². The van der Waals surface area contributed by atoms with Crippen molar-refractivity contribution in [3.8, 4) is 11.5 Å². The van der Waals surface area contributed by atoms with Crippen molar-refractivity contribution in [2.24, 2.45) is 0 Å². The van der Waals surface area contributed by atoms with Gasteiger partial charge in [0.15, 0.2) is 21.3 Å². The fraction of sp³-hybridized carbons (Fsp3) is 0.500. The molecule has 1 fully saturated rings. The van der Waals surface area contributed by atoms with Gasteiger partial charge in [0, 0.05) is 12.6 Å². The highest BCUT2D eigenvalue weighted by Crippen LogP contribution is 2.31. The van der Waals surface area contributed by atoms with E-state index >= 15 is 0 Å². The van der Waals surface area contributed by atoms with Gasteiger partial charge < -0.3 is 14.8 Å². The minimum atomic E-state index is -2.95. The van der Waals surface area contributed by atoms with E-state index in [0.717, 1.165) is 5.56 Å². The van der Waals surface area contributed by atoms with Crippen LogP contribution in [0.4, 0.5) is 0 Å². The first kappa shape index (κ1) is 13.2. The van der Waals surface area contributed by atoms with E-state index in [2.05, 4.69) is 5.32 Å². The van der Waals surface area contributed by atoms with Crippen molar-refractivity contribution in [3.05, 3.63) is 23.8 Å². The average Bonchev–Trinajstić information content (AvgIpc) is 2.36. The molecule has 2 rings (SSSR count). The van der Waals surface area contributed by atoms with Crippen molar-refractivity contribution in [2.75, 3.05) is 32.3 Å². The lowest BCUT2D eigenvalue weighted by Gasteiger charge is -2.24. The topological polar surface area (TPSA) is 64.6 Å². The summed E-state index contributed by atoms with van der Waals surface area (Å²) in [7, 11) is 0.183. The van der Waals surface area contributed by atoms with E-state index in [9.17, 15) is 8.42 Å². The van der Waals surface area contributed by atoms with Gasteiger partial charge in [-0.05, 0) is 17.7 Å². The molecule has 1 aromatic rings. The lowest BCUT2D eigenvalue weighted by Crippen LogP contribution is -2.39. The van der Waals surface area contributed by atoms with Crippen LogP contribution in [0.25, 0.3) is 0 Å². The lowest BCUT2D eigenvalue weighted by atomic mass is 10.1. The smallest absolute Gasteiger partial charge is 0.161 e. The summed E-state index contributed by atoms with van der Waals surface area (Å²) in [5.74, 6) is 1.58. The molecule has 18 heavy (non-hydrogen) atoms. The standard InChI is InChI=1S/C12H17NO4S/c1-16-11-4-3-9(7-12(11)17-2)10-8-18(14,15)6-5-13-10/h3-4,7,10,13H,5-6,8H2,1-2H3. The zero-order valence-electron chi connectivity index (χ0n) is 10.5. The molecule has 5 nitrogen and oxygen atoms in total. The highest BCUT2D eigenvalue weighted by atomic mass is 32.2. The number of rotatable bonds is 3. The molecule has 1 aromatic carbocycles. The van der Waals surface area contributed by atoms with Gasteiger partial charge in [-0.3, -0.25) is 0 Å². The average molecular weight is 271 g/mol. The number of hydrogen-bond acceptors (Lipinski definition) is 5. The summed E-state index contributed by atoms with van der Waals surface area (Å²) in [6.45, 7) is 0.487. The second kappa shape index (κ2) is 5.16. The van der Waals surface area contributed by atoms with Crippen molar-refractivity contribution in [2.45, 2.75) is 6.04 Å². The van der Waals surface area contributed by atoms with Gasteiger partial charge in [0.25, 0.3) is 0 Å². The number of hydrogen-bond donors (Lipinski definition) is 1. The third kappa shape index (κ3) is 2.76. The minimum absolute atomic E-state index is 0.127. The Morgan fingerprint density at radius 1 is 1.22 bits per heavy atom. The first-order valence-corrected chi connectivity index (χ1v) is 7.53. The molecule has 1 saturated heterocycles. The van der Waals surface area contributed by atoms with Crippen molar-refractivity contribution >= 4 is 9.84 Å². The molecule has 6 heteroatoms. The molecule has 100 valence electrons. The van der Waals surface area contributed by atoms with Gasteiger partial charge in [0.05, 0.1) is 25.7 Å². The maximum Gasteiger partial charge on any atom is 0.161 e. The van der Waals surface area contributed by atoms with Gasteiger partial charge in [-0.25, -0.2) is 8.42 Å². The zero-order chi connectivity index (χ0) is 13.2. The number of sulfone groups is 1. The number of methoxy groups -OCH3 is 2. The van der Waals surface area contributed by atoms with E-state index in [4.69, 9.17) is 9.47 Å². The summed E-state index contributed by atoms with van der Waals surface area (Å²) in [4.78, 5) is 0. The molecular formula is C12H17NO4S. The van der Waals surface area contributed by atoms with Gasteiger partial charge in [-0.1, -0.05) is 6.07 Å². The van der Waals surface area contributed by atoms with E-state index in [1.165, 1.54) is 0 Å². The highest BCUT2D eigenvalue weighted by molar-refractivity contribution is 7.91. The first-order chi connectivity index (χ1) is 8.55. The molecule has 0 bridgehead atoms. The monoisotopic (exact) mass is 271 g/mol. The fourth-order valence-corrected chi connectivity index (χ4v) is 3.48. The summed E-state index contributed by atoms with van der Waals surface area (Å²) >= 11 is 0. The SMILES string of the molecule is COc1ccc(C2CS(=O)(=O)CCN2)cc1OC. The summed E-state index contributed by atoms with van der Waals surface area (Å²) in [6.07, 6.45) is 0. The van der Waals surface area contributed by atoms with Crippen molar-refractivity contribution < 1.29 is 17.9 Å². The second-order valence-electron chi connectivity index (χ2n) is 4.24. The lowest BCUT2D eigenvalue weighted by molar-refractivity contribution is 0.354. The van der Waals surface area contributed by atoms with Gasteiger partial charge in [-0.2, -0.15) is 0 Å². The van der Waals surface area contributed by atoms with Crippen LogP contribution >= 0.6 is 0 Å². The van der Waals surface area contributed by atoms with Crippen molar-refractivity contribution in [1.82, 2.24) is 5.32 Å². The molecule has 0 amide bonds. The largest absolute Gasteiger partial charge is 0.493 e. The van der Waals surface area contributed by atoms with Crippen LogP contribution in [0, 0.1) is 0 Å². The Morgan fingerprint density at radius 2 is 1.94 bits per heavy atom. The molecule has 0 radical (unpaired) electrons. The van der Waals surface area contributed by atoms with Crippen LogP contribution < -0.4 is 14.8 Å². The molecule has 1 heterocycles. The van der Waals surface area contributed by atoms with Crippen LogP contribution in [0.1, 0.15) is 11.6 Å². The second-order valence-corrected chi connectivity index (χ2v) is 6.46. The maximum absolute atomic E-state index is 11.6. The number of nitrogens with one attached hydrogen (secondary N) is 1. The Labute approximate surface area is 107 Å². The minimum Gasteiger partial charge on any atom is -0.493 e. The Hall–Kier alpha value is -1.27. The van der Waals surface area contributed by atoms with Crippen molar-refractivity contribution in [3.63, 3.8) is 0 Å². The number of benzene rings is 1. The summed E-state index contributed by atoms with van der Waals surface area (Å²) < 4.78 is 33.6. The summed E-state index contributed by atoms with van der Waals surface area (Å²) in [5.41, 5.74) is 0.899. The Bertz CT molecular complexity index is 527. The molecule has 1 aliphatic heterocycles. The van der Waals surface area contributed by atoms with Gasteiger partial charge in [-0.15, -0.1) is 0 Å². The predicted molar refractivity (Wildman–Crippen MR) is 68.9 cm³/mol. The quantitative estimate of drug-likeness (QED) is 0.879. The highest BCUT2D eigenvalue weighted by Gasteiger charge is 2.26. The van der Waals surface area contributed by atoms with E-state index in [-0.39, 0.29) is 17.5 Å². The predicted octanol–water partition coefficient (Wildman–Crippen LogP) is 0.763. The molecule has 0 spiro atoms. The van der Waals surface area contributed by atoms with Gasteiger partial charge >= 0.3 is 0 Å². The molecule has 0 aromatic heterocycles. The van der Waals surface area contributed by atoms with E-state index in [0.29, 0.717) is 18.0 Å². The van der Waals surface area contributed by atoms with Gasteiger partial charge in [0.1, 0.15) is 0 Å². The maximum atomic E-state index is 11.6. The van der Waals surface area contributed by atoms with Crippen LogP contribution in [0.2, 0.25) is 0 Å². The molecule has 1 N–H and O–H groups in total. The number of ether oxygens (including phenoxy) is 2. The van der Waals surface area contributed by atoms with E-state index in [1.807, 2.05) is 12.1 Å². The normalized spacial score (nSPS) is 22.4. The fourth-order valence-electron chi connectivity index (χ4n) is 2.07. The molecule has 0 aliphatic carbocycles. The van der Waals surface area contributed by atoms with Crippen LogP contribution in [-0.4, -0.2) is 40.7 Å². The van der Waals surface area contributed by atoms with Gasteiger partial charge in [0.2, 0.25) is 0 Å². The van der Waals surface area contributed by atoms with Crippen LogP contribution in [0.5, 0.6) is 11.5 Å². The molecule has 1 unspecified atom stereocenters. The zero-order valence-corrected chi connectivity index (χ0v) is 11.3. The molecule has 1 aliphatic rings. The van der Waals surface area contributed by atoms with Crippen LogP contribution in [0.3, 0.4) is 0 Å². The molecule has 1 atom stereocenters. The Kier molecular flexibility index (Phi) is 3.77.